The number of rotatable bonds is 8. The Kier molecular flexibility index (Phi) is 7.71. The highest BCUT2D eigenvalue weighted by Crippen LogP contribution is 2.19. The van der Waals surface area contributed by atoms with Crippen molar-refractivity contribution in [2.75, 3.05) is 23.3 Å². The van der Waals surface area contributed by atoms with Crippen molar-refractivity contribution in [2.24, 2.45) is 0 Å². The number of amides is 2. The number of unbranched alkanes of at least 4 members (excludes halogenated alkanes) is 2. The Bertz CT molecular complexity index is 466. The molecule has 0 atom stereocenters. The van der Waals surface area contributed by atoms with Crippen LogP contribution < -0.4 is 15.5 Å². The number of hydrogen-bond acceptors (Lipinski definition) is 2. The number of carbonyl (C=O) groups excluding carboxylic acids is 1. The third kappa shape index (κ3) is 7.76. The zero-order valence-electron chi connectivity index (χ0n) is 13.5. The highest BCUT2D eigenvalue weighted by Gasteiger charge is 2.29. The molecular formula is C16H24F3N3O. The number of carbonyl (C=O) groups is 1. The second-order valence-electron chi connectivity index (χ2n) is 5.32. The molecule has 0 aliphatic carbocycles. The van der Waals surface area contributed by atoms with Crippen LogP contribution in [0, 0.1) is 0 Å². The van der Waals surface area contributed by atoms with Crippen LogP contribution in [0.25, 0.3) is 0 Å². The fourth-order valence-electron chi connectivity index (χ4n) is 2.11. The summed E-state index contributed by atoms with van der Waals surface area (Å²) in [5.74, 6) is 0. The van der Waals surface area contributed by atoms with Gasteiger partial charge in [-0.05, 0) is 37.1 Å². The van der Waals surface area contributed by atoms with Gasteiger partial charge in [-0.2, -0.15) is 13.2 Å². The summed E-state index contributed by atoms with van der Waals surface area (Å²) in [6, 6.07) is 5.55. The smallest absolute Gasteiger partial charge is 0.372 e. The van der Waals surface area contributed by atoms with Gasteiger partial charge in [-0.15, -0.1) is 0 Å². The average Bonchev–Trinajstić information content (AvgIpc) is 2.46. The molecule has 0 aliphatic rings. The van der Waals surface area contributed by atoms with Crippen LogP contribution in [-0.2, 0) is 0 Å². The molecule has 0 aliphatic heterocycles. The minimum Gasteiger partial charge on any atom is -0.372 e. The van der Waals surface area contributed by atoms with Crippen LogP contribution >= 0.6 is 0 Å². The Morgan fingerprint density at radius 2 is 1.57 bits per heavy atom. The van der Waals surface area contributed by atoms with Crippen LogP contribution in [0.4, 0.5) is 29.3 Å². The second kappa shape index (κ2) is 9.27. The van der Waals surface area contributed by atoms with Gasteiger partial charge < -0.3 is 10.2 Å². The summed E-state index contributed by atoms with van der Waals surface area (Å²) >= 11 is 0. The van der Waals surface area contributed by atoms with E-state index in [0.29, 0.717) is 5.69 Å². The summed E-state index contributed by atoms with van der Waals surface area (Å²) in [6.07, 6.45) is -0.379. The molecule has 0 saturated carbocycles. The monoisotopic (exact) mass is 331 g/mol. The molecule has 130 valence electrons. The van der Waals surface area contributed by atoms with Gasteiger partial charge in [-0.3, -0.25) is 0 Å². The number of nitrogens with zero attached hydrogens (tertiary/aromatic N) is 1. The van der Waals surface area contributed by atoms with E-state index >= 15 is 0 Å². The summed E-state index contributed by atoms with van der Waals surface area (Å²) in [4.78, 5) is 13.4. The number of anilines is 2. The van der Waals surface area contributed by atoms with Crippen LogP contribution in [0.5, 0.6) is 0 Å². The zero-order valence-corrected chi connectivity index (χ0v) is 13.5. The first kappa shape index (κ1) is 19.1. The van der Waals surface area contributed by atoms with Gasteiger partial charge in [0.05, 0.1) is 0 Å². The van der Waals surface area contributed by atoms with Crippen molar-refractivity contribution in [3.8, 4) is 0 Å². The molecule has 1 aromatic carbocycles. The highest BCUT2D eigenvalue weighted by atomic mass is 19.4. The van der Waals surface area contributed by atoms with Gasteiger partial charge in [0, 0.05) is 24.5 Å². The Balaban J connectivity index is 2.66. The molecule has 2 N–H and O–H groups in total. The lowest BCUT2D eigenvalue weighted by atomic mass is 10.2. The Morgan fingerprint density at radius 1 is 1.04 bits per heavy atom. The summed E-state index contributed by atoms with van der Waals surface area (Å²) in [5, 5.41) is 3.06. The zero-order chi connectivity index (χ0) is 17.3. The largest absolute Gasteiger partial charge is 0.485 e. The quantitative estimate of drug-likeness (QED) is 0.676. The molecule has 0 spiro atoms. The predicted molar refractivity (Wildman–Crippen MR) is 86.7 cm³/mol. The average molecular weight is 331 g/mol. The van der Waals surface area contributed by atoms with Crippen LogP contribution in [0.15, 0.2) is 24.3 Å². The first-order valence-electron chi connectivity index (χ1n) is 7.86. The first-order chi connectivity index (χ1) is 10.9. The minimum absolute atomic E-state index is 0.321. The lowest BCUT2D eigenvalue weighted by Crippen LogP contribution is -2.40. The number of alkyl halides is 3. The van der Waals surface area contributed by atoms with Crippen molar-refractivity contribution in [1.82, 2.24) is 5.32 Å². The van der Waals surface area contributed by atoms with Gasteiger partial charge in [0.2, 0.25) is 0 Å². The number of hydrogen-bond donors (Lipinski definition) is 2. The van der Waals surface area contributed by atoms with E-state index in [2.05, 4.69) is 24.1 Å². The lowest BCUT2D eigenvalue weighted by molar-refractivity contribution is -0.144. The Hall–Kier alpha value is -1.92. The van der Waals surface area contributed by atoms with E-state index in [1.165, 1.54) is 0 Å². The van der Waals surface area contributed by atoms with Crippen LogP contribution in [0.3, 0.4) is 0 Å². The summed E-state index contributed by atoms with van der Waals surface area (Å²) in [5.41, 5.74) is 1.33. The van der Waals surface area contributed by atoms with Crippen molar-refractivity contribution in [3.05, 3.63) is 24.3 Å². The molecule has 23 heavy (non-hydrogen) atoms. The van der Waals surface area contributed by atoms with Crippen molar-refractivity contribution >= 4 is 17.4 Å². The molecule has 1 rings (SSSR count). The minimum atomic E-state index is -4.73. The maximum atomic E-state index is 12.0. The molecule has 0 bridgehead atoms. The number of urea groups is 1. The lowest BCUT2D eigenvalue weighted by Gasteiger charge is -2.25. The van der Waals surface area contributed by atoms with E-state index in [4.69, 9.17) is 0 Å². The van der Waals surface area contributed by atoms with Crippen LogP contribution in [-0.4, -0.2) is 25.4 Å². The molecule has 0 unspecified atom stereocenters. The maximum absolute atomic E-state index is 12.0. The van der Waals surface area contributed by atoms with E-state index < -0.39 is 12.3 Å². The van der Waals surface area contributed by atoms with Gasteiger partial charge >= 0.3 is 12.3 Å². The van der Waals surface area contributed by atoms with Gasteiger partial charge in [0.15, 0.2) is 0 Å². The van der Waals surface area contributed by atoms with E-state index in [1.54, 1.807) is 12.1 Å². The van der Waals surface area contributed by atoms with E-state index in [1.807, 2.05) is 12.1 Å². The van der Waals surface area contributed by atoms with E-state index in [-0.39, 0.29) is 0 Å². The van der Waals surface area contributed by atoms with Gasteiger partial charge in [-0.1, -0.05) is 26.7 Å². The summed E-state index contributed by atoms with van der Waals surface area (Å²) < 4.78 is 36.1. The van der Waals surface area contributed by atoms with Crippen molar-refractivity contribution in [1.29, 1.82) is 0 Å². The molecule has 0 heterocycles. The third-order valence-corrected chi connectivity index (χ3v) is 3.31. The molecule has 0 saturated heterocycles. The van der Waals surface area contributed by atoms with Gasteiger partial charge in [-0.25, -0.2) is 10.1 Å². The van der Waals surface area contributed by atoms with Crippen molar-refractivity contribution < 1.29 is 18.0 Å². The summed E-state index contributed by atoms with van der Waals surface area (Å²) in [6.45, 7) is 6.14. The topological polar surface area (TPSA) is 44.4 Å². The maximum Gasteiger partial charge on any atom is 0.485 e. The molecular weight excluding hydrogens is 307 g/mol. The van der Waals surface area contributed by atoms with Crippen LogP contribution in [0.1, 0.15) is 39.5 Å². The van der Waals surface area contributed by atoms with Crippen molar-refractivity contribution in [3.63, 3.8) is 0 Å². The van der Waals surface area contributed by atoms with Crippen LogP contribution in [0.2, 0.25) is 0 Å². The molecule has 4 nitrogen and oxygen atoms in total. The SMILES string of the molecule is CCCCN(CCCC)c1ccc(NC(=O)NC(F)(F)F)cc1. The first-order valence-corrected chi connectivity index (χ1v) is 7.86. The highest BCUT2D eigenvalue weighted by molar-refractivity contribution is 5.89. The molecule has 7 heteroatoms. The molecule has 0 radical (unpaired) electrons. The Morgan fingerprint density at radius 3 is 2.00 bits per heavy atom. The molecule has 1 aromatic rings. The molecule has 0 aromatic heterocycles. The normalized spacial score (nSPS) is 11.2. The Labute approximate surface area is 135 Å². The number of nitrogens with one attached hydrogen (secondary N) is 2. The van der Waals surface area contributed by atoms with Gasteiger partial charge in [0.25, 0.3) is 0 Å². The third-order valence-electron chi connectivity index (χ3n) is 3.31. The fraction of sp³-hybridized carbons (Fsp3) is 0.562. The number of benzene rings is 1. The predicted octanol–water partition coefficient (Wildman–Crippen LogP) is 4.73. The van der Waals surface area contributed by atoms with Crippen molar-refractivity contribution in [2.45, 2.75) is 45.8 Å². The van der Waals surface area contributed by atoms with E-state index in [0.717, 1.165) is 49.8 Å². The molecule has 0 fully saturated rings. The van der Waals surface area contributed by atoms with E-state index in [9.17, 15) is 18.0 Å². The standard InChI is InChI=1S/C16H24F3N3O/c1-3-5-11-22(12-6-4-2)14-9-7-13(8-10-14)20-15(23)21-16(17,18)19/h7-10H,3-6,11-12H2,1-2H3,(H2,20,21,23). The fourth-order valence-corrected chi connectivity index (χ4v) is 2.11. The van der Waals surface area contributed by atoms with Gasteiger partial charge in [0.1, 0.15) is 0 Å². The number of halogens is 3. The summed E-state index contributed by atoms with van der Waals surface area (Å²) in [7, 11) is 0. The second-order valence-corrected chi connectivity index (χ2v) is 5.32. The molecule has 2 amide bonds.